The van der Waals surface area contributed by atoms with Crippen molar-refractivity contribution >= 4 is 23.1 Å². The van der Waals surface area contributed by atoms with Crippen LogP contribution >= 0.6 is 23.1 Å². The van der Waals surface area contributed by atoms with Crippen LogP contribution in [0.3, 0.4) is 0 Å². The van der Waals surface area contributed by atoms with Crippen molar-refractivity contribution in [3.05, 3.63) is 46.3 Å². The highest BCUT2D eigenvalue weighted by molar-refractivity contribution is 8.01. The Kier molecular flexibility index (Phi) is 5.41. The zero-order valence-corrected chi connectivity index (χ0v) is 14.6. The summed E-state index contributed by atoms with van der Waals surface area (Å²) in [4.78, 5) is 5.66. The minimum atomic E-state index is 0.416. The van der Waals surface area contributed by atoms with E-state index in [-0.39, 0.29) is 0 Å². The average molecular weight is 335 g/mol. The molecule has 3 nitrogen and oxygen atoms in total. The van der Waals surface area contributed by atoms with Gasteiger partial charge in [-0.05, 0) is 40.8 Å². The Morgan fingerprint density at radius 3 is 2.91 bits per heavy atom. The first-order valence-electron chi connectivity index (χ1n) is 7.52. The van der Waals surface area contributed by atoms with Crippen LogP contribution in [0.2, 0.25) is 0 Å². The number of rotatable bonds is 4. The maximum atomic E-state index is 5.66. The number of nitrogens with one attached hydrogen (secondary N) is 1. The highest BCUT2D eigenvalue weighted by Crippen LogP contribution is 2.36. The summed E-state index contributed by atoms with van der Waals surface area (Å²) in [5.41, 5.74) is 7.25. The SMILES string of the molecule is CCSc1scc2c1CONCC(c1ccc(OC)cc1)C2. The number of hydrogen-bond acceptors (Lipinski definition) is 5. The van der Waals surface area contributed by atoms with Gasteiger partial charge < -0.3 is 4.74 Å². The summed E-state index contributed by atoms with van der Waals surface area (Å²) >= 11 is 3.76. The molecule has 0 aliphatic carbocycles. The van der Waals surface area contributed by atoms with Crippen molar-refractivity contribution in [2.24, 2.45) is 0 Å². The predicted molar refractivity (Wildman–Crippen MR) is 92.9 cm³/mol. The van der Waals surface area contributed by atoms with E-state index in [4.69, 9.17) is 9.57 Å². The second-order valence-corrected chi connectivity index (χ2v) is 7.68. The normalized spacial score (nSPS) is 18.4. The lowest BCUT2D eigenvalue weighted by atomic mass is 9.91. The van der Waals surface area contributed by atoms with Crippen molar-refractivity contribution < 1.29 is 9.57 Å². The monoisotopic (exact) mass is 335 g/mol. The minimum Gasteiger partial charge on any atom is -0.497 e. The summed E-state index contributed by atoms with van der Waals surface area (Å²) in [5.74, 6) is 2.41. The molecule has 5 heteroatoms. The molecule has 1 aliphatic rings. The maximum absolute atomic E-state index is 5.66. The summed E-state index contributed by atoms with van der Waals surface area (Å²) in [6, 6.07) is 8.37. The van der Waals surface area contributed by atoms with E-state index < -0.39 is 0 Å². The Bertz CT molecular complexity index is 610. The molecule has 1 atom stereocenters. The van der Waals surface area contributed by atoms with Crippen LogP contribution in [0.4, 0.5) is 0 Å². The third-order valence-electron chi connectivity index (χ3n) is 3.92. The molecule has 22 heavy (non-hydrogen) atoms. The highest BCUT2D eigenvalue weighted by Gasteiger charge is 2.20. The molecule has 1 aromatic heterocycles. The van der Waals surface area contributed by atoms with Crippen LogP contribution < -0.4 is 10.2 Å². The maximum Gasteiger partial charge on any atom is 0.118 e. The van der Waals surface area contributed by atoms with Gasteiger partial charge >= 0.3 is 0 Å². The van der Waals surface area contributed by atoms with Crippen LogP contribution in [0, 0.1) is 0 Å². The van der Waals surface area contributed by atoms with E-state index in [1.807, 2.05) is 35.2 Å². The lowest BCUT2D eigenvalue weighted by Gasteiger charge is -2.22. The van der Waals surface area contributed by atoms with Crippen LogP contribution in [0.5, 0.6) is 5.75 Å². The number of hydrogen-bond donors (Lipinski definition) is 1. The Morgan fingerprint density at radius 2 is 2.18 bits per heavy atom. The standard InChI is InChI=1S/C17H21NO2S2/c1-3-21-17-16-10-20-18-9-13(8-14(16)11-22-17)12-4-6-15(19-2)7-5-12/h4-7,11,13,18H,3,8-10H2,1-2H3. The van der Waals surface area contributed by atoms with E-state index in [0.29, 0.717) is 12.5 Å². The van der Waals surface area contributed by atoms with E-state index in [9.17, 15) is 0 Å². The molecule has 0 saturated heterocycles. The third-order valence-corrected chi connectivity index (χ3v) is 6.22. The largest absolute Gasteiger partial charge is 0.497 e. The first-order chi connectivity index (χ1) is 10.8. The van der Waals surface area contributed by atoms with Gasteiger partial charge in [-0.1, -0.05) is 19.1 Å². The van der Waals surface area contributed by atoms with Crippen molar-refractivity contribution in [2.45, 2.75) is 30.1 Å². The van der Waals surface area contributed by atoms with Gasteiger partial charge in [0.05, 0.1) is 17.9 Å². The van der Waals surface area contributed by atoms with Gasteiger partial charge in [0.1, 0.15) is 5.75 Å². The van der Waals surface area contributed by atoms with Gasteiger partial charge in [0.25, 0.3) is 0 Å². The quantitative estimate of drug-likeness (QED) is 0.847. The molecule has 0 bridgehead atoms. The summed E-state index contributed by atoms with van der Waals surface area (Å²) in [7, 11) is 1.70. The molecule has 1 N–H and O–H groups in total. The van der Waals surface area contributed by atoms with Gasteiger partial charge in [-0.25, -0.2) is 5.48 Å². The lowest BCUT2D eigenvalue weighted by molar-refractivity contribution is 0.0202. The first kappa shape index (κ1) is 15.9. The number of thiophene rings is 1. The van der Waals surface area contributed by atoms with Crippen molar-refractivity contribution in [1.29, 1.82) is 0 Å². The average Bonchev–Trinajstić information content (AvgIpc) is 2.88. The zero-order chi connectivity index (χ0) is 15.4. The Labute approximate surface area is 140 Å². The minimum absolute atomic E-state index is 0.416. The number of ether oxygens (including phenoxy) is 1. The predicted octanol–water partition coefficient (Wildman–Crippen LogP) is 4.23. The molecule has 1 aliphatic heterocycles. The van der Waals surface area contributed by atoms with Gasteiger partial charge in [0.15, 0.2) is 0 Å². The van der Waals surface area contributed by atoms with Crippen LogP contribution in [-0.4, -0.2) is 19.4 Å². The van der Waals surface area contributed by atoms with Gasteiger partial charge in [-0.15, -0.1) is 23.1 Å². The van der Waals surface area contributed by atoms with Crippen LogP contribution in [0.1, 0.15) is 29.5 Å². The van der Waals surface area contributed by atoms with E-state index in [2.05, 4.69) is 29.9 Å². The van der Waals surface area contributed by atoms with Crippen molar-refractivity contribution in [3.63, 3.8) is 0 Å². The molecule has 0 saturated carbocycles. The molecule has 0 spiro atoms. The fraction of sp³-hybridized carbons (Fsp3) is 0.412. The summed E-state index contributed by atoms with van der Waals surface area (Å²) in [5, 5.41) is 2.30. The summed E-state index contributed by atoms with van der Waals surface area (Å²) < 4.78 is 6.64. The molecule has 118 valence electrons. The molecular formula is C17H21NO2S2. The molecule has 2 aromatic rings. The second-order valence-electron chi connectivity index (χ2n) is 5.27. The van der Waals surface area contributed by atoms with Gasteiger partial charge in [0, 0.05) is 18.0 Å². The summed E-state index contributed by atoms with van der Waals surface area (Å²) in [6.07, 6.45) is 1.05. The van der Waals surface area contributed by atoms with E-state index >= 15 is 0 Å². The van der Waals surface area contributed by atoms with Crippen LogP contribution in [-0.2, 0) is 17.9 Å². The van der Waals surface area contributed by atoms with Crippen molar-refractivity contribution in [1.82, 2.24) is 5.48 Å². The van der Waals surface area contributed by atoms with E-state index in [1.54, 1.807) is 7.11 Å². The molecule has 0 fully saturated rings. The number of fused-ring (bicyclic) bond motifs is 1. The molecule has 2 heterocycles. The molecule has 0 radical (unpaired) electrons. The first-order valence-corrected chi connectivity index (χ1v) is 9.39. The Hall–Kier alpha value is -1.01. The number of thioether (sulfide) groups is 1. The van der Waals surface area contributed by atoms with Crippen molar-refractivity contribution in [2.75, 3.05) is 19.4 Å². The molecule has 1 aromatic carbocycles. The Morgan fingerprint density at radius 1 is 1.36 bits per heavy atom. The zero-order valence-electron chi connectivity index (χ0n) is 12.9. The van der Waals surface area contributed by atoms with E-state index in [1.165, 1.54) is 20.9 Å². The lowest BCUT2D eigenvalue weighted by Crippen LogP contribution is -2.26. The summed E-state index contributed by atoms with van der Waals surface area (Å²) in [6.45, 7) is 3.69. The highest BCUT2D eigenvalue weighted by atomic mass is 32.2. The molecule has 1 unspecified atom stereocenters. The molecular weight excluding hydrogens is 314 g/mol. The Balaban J connectivity index is 1.83. The van der Waals surface area contributed by atoms with Crippen LogP contribution in [0.15, 0.2) is 33.9 Å². The smallest absolute Gasteiger partial charge is 0.118 e. The van der Waals surface area contributed by atoms with Gasteiger partial charge in [-0.2, -0.15) is 0 Å². The number of hydroxylamine groups is 1. The van der Waals surface area contributed by atoms with Gasteiger partial charge in [0.2, 0.25) is 0 Å². The van der Waals surface area contributed by atoms with Crippen LogP contribution in [0.25, 0.3) is 0 Å². The fourth-order valence-corrected chi connectivity index (χ4v) is 4.92. The molecule has 0 amide bonds. The fourth-order valence-electron chi connectivity index (χ4n) is 2.71. The number of methoxy groups -OCH3 is 1. The van der Waals surface area contributed by atoms with Crippen molar-refractivity contribution in [3.8, 4) is 5.75 Å². The topological polar surface area (TPSA) is 30.5 Å². The number of benzene rings is 1. The van der Waals surface area contributed by atoms with E-state index in [0.717, 1.165) is 24.5 Å². The molecule has 3 rings (SSSR count). The third kappa shape index (κ3) is 3.49. The second kappa shape index (κ2) is 7.51. The van der Waals surface area contributed by atoms with Gasteiger partial charge in [-0.3, -0.25) is 4.84 Å².